The minimum atomic E-state index is -4.55. The van der Waals surface area contributed by atoms with Crippen molar-refractivity contribution in [1.29, 1.82) is 0 Å². The van der Waals surface area contributed by atoms with Crippen molar-refractivity contribution < 1.29 is 31.1 Å². The number of thioether (sulfide) groups is 1. The predicted octanol–water partition coefficient (Wildman–Crippen LogP) is 5.43. The van der Waals surface area contributed by atoms with E-state index in [0.717, 1.165) is 49.2 Å². The molecule has 0 radical (unpaired) electrons. The van der Waals surface area contributed by atoms with Gasteiger partial charge >= 0.3 is 6.18 Å². The van der Waals surface area contributed by atoms with E-state index < -0.39 is 34.0 Å². The summed E-state index contributed by atoms with van der Waals surface area (Å²) in [6, 6.07) is 4.51. The highest BCUT2D eigenvalue weighted by Gasteiger charge is 2.37. The minimum Gasteiger partial charge on any atom is -0.390 e. The molecule has 2 unspecified atom stereocenters. The zero-order valence-corrected chi connectivity index (χ0v) is 28.7. The van der Waals surface area contributed by atoms with Crippen LogP contribution in [-0.4, -0.2) is 107 Å². The first kappa shape index (κ1) is 35.1. The highest BCUT2D eigenvalue weighted by Crippen LogP contribution is 2.41. The monoisotopic (exact) mass is 701 g/mol. The Morgan fingerprint density at radius 2 is 1.77 bits per heavy atom. The second-order valence-electron chi connectivity index (χ2n) is 13.8. The molecule has 8 nitrogen and oxygen atoms in total. The molecule has 14 heteroatoms. The van der Waals surface area contributed by atoms with Gasteiger partial charge in [-0.25, -0.2) is 12.8 Å². The Labute approximate surface area is 279 Å². The molecule has 3 aliphatic heterocycles. The van der Waals surface area contributed by atoms with E-state index in [4.69, 9.17) is 5.10 Å². The second-order valence-corrected chi connectivity index (χ2v) is 16.9. The molecule has 4 heterocycles. The van der Waals surface area contributed by atoms with Gasteiger partial charge in [-0.3, -0.25) is 9.58 Å². The van der Waals surface area contributed by atoms with Gasteiger partial charge in [-0.2, -0.15) is 22.6 Å². The molecule has 1 aromatic carbocycles. The zero-order chi connectivity index (χ0) is 33.3. The fourth-order valence-corrected chi connectivity index (χ4v) is 9.95. The Hall–Kier alpha value is -1.71. The van der Waals surface area contributed by atoms with Gasteiger partial charge in [0, 0.05) is 79.2 Å². The SMILES string of the molecule is CS(=O)(=O)N1CCc2c(c(-c3ccc(C(F)(F)F)c(SCCN4CCC(F)CC4)c3)nn2C[C@@H](O)CN2CCCC3CCCCC32)C1. The number of fused-ring (bicyclic) bond motifs is 2. The third-order valence-corrected chi connectivity index (χ3v) is 12.8. The molecule has 0 spiro atoms. The number of hydrogen-bond acceptors (Lipinski definition) is 7. The number of likely N-dealkylation sites (tertiary alicyclic amines) is 2. The highest BCUT2D eigenvalue weighted by molar-refractivity contribution is 7.99. The van der Waals surface area contributed by atoms with Crippen molar-refractivity contribution in [3.63, 3.8) is 0 Å². The van der Waals surface area contributed by atoms with Crippen LogP contribution >= 0.6 is 11.8 Å². The third kappa shape index (κ3) is 8.37. The number of rotatable bonds is 10. The van der Waals surface area contributed by atoms with E-state index >= 15 is 0 Å². The molecule has 1 aromatic heterocycles. The number of aromatic nitrogens is 2. The first-order chi connectivity index (χ1) is 22.4. The van der Waals surface area contributed by atoms with Gasteiger partial charge in [0.1, 0.15) is 6.17 Å². The standard InChI is InChI=1S/C33H47F4N5O3S2/c1-47(44,45)41-16-12-30-27(22-41)32(38-42(30)21-26(43)20-40-13-4-6-23-5-2-3-7-29(23)40)24-8-9-28(33(35,36)37)31(19-24)46-18-17-39-14-10-25(34)11-15-39/h8-9,19,23,25-26,29,43H,2-7,10-18,20-22H2,1H3/t23?,26-,29?/m0/s1. The van der Waals surface area contributed by atoms with Crippen LogP contribution in [-0.2, 0) is 35.7 Å². The number of benzene rings is 1. The molecule has 1 N–H and O–H groups in total. The maximum absolute atomic E-state index is 14.1. The molecule has 2 aromatic rings. The number of aliphatic hydroxyl groups is 1. The molecule has 262 valence electrons. The van der Waals surface area contributed by atoms with Crippen LogP contribution in [0.1, 0.15) is 68.2 Å². The minimum absolute atomic E-state index is 0.0729. The van der Waals surface area contributed by atoms with Crippen LogP contribution in [0.4, 0.5) is 17.6 Å². The summed E-state index contributed by atoms with van der Waals surface area (Å²) in [6.45, 7) is 3.82. The van der Waals surface area contributed by atoms with E-state index in [0.29, 0.717) is 80.0 Å². The molecule has 3 fully saturated rings. The molecule has 0 bridgehead atoms. The zero-order valence-electron chi connectivity index (χ0n) is 27.1. The molecule has 3 atom stereocenters. The van der Waals surface area contributed by atoms with E-state index in [-0.39, 0.29) is 24.5 Å². The van der Waals surface area contributed by atoms with Crippen molar-refractivity contribution in [3.05, 3.63) is 35.0 Å². The van der Waals surface area contributed by atoms with Gasteiger partial charge in [0.25, 0.3) is 0 Å². The lowest BCUT2D eigenvalue weighted by molar-refractivity contribution is -0.139. The van der Waals surface area contributed by atoms with Crippen molar-refractivity contribution in [2.45, 2.75) is 100 Å². The lowest BCUT2D eigenvalue weighted by Crippen LogP contribution is -2.50. The van der Waals surface area contributed by atoms with Crippen molar-refractivity contribution in [3.8, 4) is 11.3 Å². The summed E-state index contributed by atoms with van der Waals surface area (Å²) >= 11 is 1.12. The summed E-state index contributed by atoms with van der Waals surface area (Å²) in [5.41, 5.74) is 1.70. The number of aliphatic hydroxyl groups excluding tert-OH is 1. The number of sulfonamides is 1. The number of piperidine rings is 2. The molecule has 4 aliphatic rings. The quantitative estimate of drug-likeness (QED) is 0.262. The van der Waals surface area contributed by atoms with Gasteiger partial charge in [-0.05, 0) is 63.1 Å². The maximum atomic E-state index is 14.1. The highest BCUT2D eigenvalue weighted by atomic mass is 32.2. The third-order valence-electron chi connectivity index (χ3n) is 10.5. The van der Waals surface area contributed by atoms with Gasteiger partial charge in [0.15, 0.2) is 0 Å². The first-order valence-electron chi connectivity index (χ1n) is 17.0. The lowest BCUT2D eigenvalue weighted by atomic mass is 9.78. The van der Waals surface area contributed by atoms with E-state index in [9.17, 15) is 31.1 Å². The van der Waals surface area contributed by atoms with Crippen molar-refractivity contribution in [2.24, 2.45) is 5.92 Å². The predicted molar refractivity (Wildman–Crippen MR) is 175 cm³/mol. The van der Waals surface area contributed by atoms with E-state index in [2.05, 4.69) is 9.80 Å². The second kappa shape index (κ2) is 14.6. The average molecular weight is 702 g/mol. The molecule has 2 saturated heterocycles. The maximum Gasteiger partial charge on any atom is 0.417 e. The van der Waals surface area contributed by atoms with Crippen molar-refractivity contribution >= 4 is 21.8 Å². The summed E-state index contributed by atoms with van der Waals surface area (Å²) in [5, 5.41) is 16.2. The molecular formula is C33H47F4N5O3S2. The number of hydrogen-bond donors (Lipinski definition) is 1. The van der Waals surface area contributed by atoms with E-state index in [1.54, 1.807) is 4.68 Å². The average Bonchev–Trinajstić information content (AvgIpc) is 3.38. The summed E-state index contributed by atoms with van der Waals surface area (Å²) < 4.78 is 84.1. The summed E-state index contributed by atoms with van der Waals surface area (Å²) in [5.74, 6) is 1.10. The van der Waals surface area contributed by atoms with Crippen LogP contribution < -0.4 is 0 Å². The van der Waals surface area contributed by atoms with Crippen LogP contribution in [0, 0.1) is 5.92 Å². The Morgan fingerprint density at radius 3 is 2.51 bits per heavy atom. The molecule has 1 aliphatic carbocycles. The fraction of sp³-hybridized carbons (Fsp3) is 0.727. The largest absolute Gasteiger partial charge is 0.417 e. The number of alkyl halides is 4. The molecule has 0 amide bonds. The van der Waals surface area contributed by atoms with Crippen molar-refractivity contribution in [1.82, 2.24) is 23.9 Å². The summed E-state index contributed by atoms with van der Waals surface area (Å²) in [6.07, 6.45) is 3.65. The van der Waals surface area contributed by atoms with Gasteiger partial charge in [0.2, 0.25) is 10.0 Å². The Bertz CT molecular complexity index is 1490. The molecular weight excluding hydrogens is 655 g/mol. The van der Waals surface area contributed by atoms with Gasteiger partial charge in [-0.1, -0.05) is 18.9 Å². The van der Waals surface area contributed by atoms with E-state index in [1.165, 1.54) is 42.1 Å². The topological polar surface area (TPSA) is 81.9 Å². The molecule has 6 rings (SSSR count). The fourth-order valence-electron chi connectivity index (χ4n) is 8.05. The number of nitrogens with zero attached hydrogens (tertiary/aromatic N) is 5. The van der Waals surface area contributed by atoms with Gasteiger partial charge in [0.05, 0.1) is 30.2 Å². The summed E-state index contributed by atoms with van der Waals surface area (Å²) in [7, 11) is -3.51. The molecule has 1 saturated carbocycles. The van der Waals surface area contributed by atoms with Gasteiger partial charge in [-0.15, -0.1) is 11.8 Å². The smallest absolute Gasteiger partial charge is 0.390 e. The first-order valence-corrected chi connectivity index (χ1v) is 19.9. The van der Waals surface area contributed by atoms with Crippen LogP contribution in [0.2, 0.25) is 0 Å². The van der Waals surface area contributed by atoms with Crippen molar-refractivity contribution in [2.75, 3.05) is 51.3 Å². The summed E-state index contributed by atoms with van der Waals surface area (Å²) in [4.78, 5) is 4.60. The normalized spacial score (nSPS) is 24.6. The van der Waals surface area contributed by atoms with Crippen LogP contribution in [0.25, 0.3) is 11.3 Å². The van der Waals surface area contributed by atoms with Crippen LogP contribution in [0.5, 0.6) is 0 Å². The Kier molecular flexibility index (Phi) is 10.9. The van der Waals surface area contributed by atoms with Crippen LogP contribution in [0.3, 0.4) is 0 Å². The lowest BCUT2D eigenvalue weighted by Gasteiger charge is -2.44. The van der Waals surface area contributed by atoms with E-state index in [1.807, 2.05) is 0 Å². The molecule has 47 heavy (non-hydrogen) atoms. The van der Waals surface area contributed by atoms with Gasteiger partial charge < -0.3 is 10.0 Å². The van der Waals surface area contributed by atoms with Crippen LogP contribution in [0.15, 0.2) is 23.1 Å². The Morgan fingerprint density at radius 1 is 1.02 bits per heavy atom. The Balaban J connectivity index is 1.26. The number of halogens is 4. The number of β-amino-alcohol motifs (C(OH)–C–C–N with tert-alkyl or cyclic N) is 1.